The molecule has 3 aromatic rings. The van der Waals surface area contributed by atoms with Crippen molar-refractivity contribution in [2.75, 3.05) is 82.0 Å². The third kappa shape index (κ3) is 7.09. The van der Waals surface area contributed by atoms with Crippen LogP contribution in [0.1, 0.15) is 36.2 Å². The minimum atomic E-state index is -0.613. The first-order chi connectivity index (χ1) is 20.9. The van der Waals surface area contributed by atoms with E-state index in [1.54, 1.807) is 0 Å². The van der Waals surface area contributed by atoms with Crippen molar-refractivity contribution in [3.05, 3.63) is 60.3 Å². The van der Waals surface area contributed by atoms with Crippen molar-refractivity contribution in [1.82, 2.24) is 24.7 Å². The summed E-state index contributed by atoms with van der Waals surface area (Å²) >= 11 is 0. The summed E-state index contributed by atoms with van der Waals surface area (Å²) in [7, 11) is 4.36. The lowest BCUT2D eigenvalue weighted by molar-refractivity contribution is 0.0982. The molecular weight excluding hydrogens is 538 g/mol. The summed E-state index contributed by atoms with van der Waals surface area (Å²) in [5.74, 6) is 0.411. The Labute approximate surface area is 255 Å². The number of nitrogens with zero attached hydrogens (tertiary/aromatic N) is 6. The monoisotopic (exact) mass is 583 g/mol. The van der Waals surface area contributed by atoms with Gasteiger partial charge >= 0.3 is 0 Å². The van der Waals surface area contributed by atoms with Crippen LogP contribution in [0.2, 0.25) is 0 Å². The zero-order valence-corrected chi connectivity index (χ0v) is 25.5. The molecule has 0 bridgehead atoms. The number of carbonyl (C=O) groups excluding carboxylic acids is 1. The maximum Gasteiger partial charge on any atom is 0.271 e. The topological polar surface area (TPSA) is 106 Å². The molecule has 0 atom stereocenters. The van der Waals surface area contributed by atoms with E-state index in [9.17, 15) is 4.79 Å². The summed E-state index contributed by atoms with van der Waals surface area (Å²) in [5, 5.41) is 6.99. The molecule has 6 rings (SSSR count). The molecule has 0 aliphatic carbocycles. The van der Waals surface area contributed by atoms with Gasteiger partial charge in [-0.25, -0.2) is 9.97 Å². The molecule has 10 nitrogen and oxygen atoms in total. The van der Waals surface area contributed by atoms with Crippen LogP contribution >= 0.6 is 0 Å². The molecule has 4 heterocycles. The van der Waals surface area contributed by atoms with Crippen molar-refractivity contribution in [3.63, 3.8) is 0 Å². The van der Waals surface area contributed by atoms with Crippen LogP contribution in [0.25, 0.3) is 11.3 Å². The van der Waals surface area contributed by atoms with Crippen LogP contribution in [0, 0.1) is 0 Å². The maximum absolute atomic E-state index is 12.6. The Balaban J connectivity index is 1.18. The van der Waals surface area contributed by atoms with Gasteiger partial charge in [-0.3, -0.25) is 9.69 Å². The Kier molecular flexibility index (Phi) is 9.06. The van der Waals surface area contributed by atoms with E-state index in [1.165, 1.54) is 44.7 Å². The maximum atomic E-state index is 12.6. The van der Waals surface area contributed by atoms with Gasteiger partial charge in [0.25, 0.3) is 5.91 Å². The van der Waals surface area contributed by atoms with Crippen LogP contribution in [0.15, 0.2) is 54.6 Å². The Bertz CT molecular complexity index is 1360. The van der Waals surface area contributed by atoms with Crippen molar-refractivity contribution in [2.24, 2.45) is 5.73 Å². The van der Waals surface area contributed by atoms with Crippen LogP contribution in [0.3, 0.4) is 0 Å². The number of aromatic nitrogens is 2. The lowest BCUT2D eigenvalue weighted by atomic mass is 10.0. The Hall–Kier alpha value is -3.73. The van der Waals surface area contributed by atoms with Gasteiger partial charge in [0.15, 0.2) is 17.3 Å². The zero-order chi connectivity index (χ0) is 29.8. The number of nitrogens with two attached hydrogens (primary N) is 1. The number of rotatable bonds is 8. The van der Waals surface area contributed by atoms with E-state index in [2.05, 4.69) is 56.5 Å². The normalized spacial score (nSPS) is 19.8. The van der Waals surface area contributed by atoms with Crippen LogP contribution in [0.4, 0.5) is 23.0 Å². The minimum absolute atomic E-state index is 0.128. The molecule has 0 saturated carbocycles. The number of likely N-dealkylation sites (N-methyl/N-ethyl adjacent to an activating group) is 1. The van der Waals surface area contributed by atoms with Crippen LogP contribution < -0.4 is 21.3 Å². The number of amides is 1. The molecule has 228 valence electrons. The smallest absolute Gasteiger partial charge is 0.271 e. The number of nitrogens with one attached hydrogen (secondary N) is 2. The number of piperazine rings is 1. The van der Waals surface area contributed by atoms with Gasteiger partial charge in [-0.15, -0.1) is 0 Å². The molecule has 43 heavy (non-hydrogen) atoms. The summed E-state index contributed by atoms with van der Waals surface area (Å²) in [5.41, 5.74) is 9.54. The van der Waals surface area contributed by atoms with E-state index in [4.69, 9.17) is 15.7 Å². The highest BCUT2D eigenvalue weighted by Gasteiger charge is 2.27. The predicted octanol–water partition coefficient (Wildman–Crippen LogP) is 3.71. The van der Waals surface area contributed by atoms with Crippen molar-refractivity contribution in [3.8, 4) is 11.3 Å². The van der Waals surface area contributed by atoms with E-state index in [-0.39, 0.29) is 11.7 Å². The summed E-state index contributed by atoms with van der Waals surface area (Å²) in [6, 6.07) is 19.2. The van der Waals surface area contributed by atoms with Gasteiger partial charge in [-0.2, -0.15) is 0 Å². The number of primary amides is 1. The quantitative estimate of drug-likeness (QED) is 0.366. The van der Waals surface area contributed by atoms with Crippen LogP contribution in [-0.2, 0) is 0 Å². The highest BCUT2D eigenvalue weighted by Crippen LogP contribution is 2.31. The van der Waals surface area contributed by atoms with Gasteiger partial charge < -0.3 is 31.1 Å². The molecular formula is C33H45N9O. The third-order valence-electron chi connectivity index (χ3n) is 9.25. The summed E-state index contributed by atoms with van der Waals surface area (Å²) in [4.78, 5) is 32.2. The number of piperidine rings is 2. The van der Waals surface area contributed by atoms with Crippen LogP contribution in [-0.4, -0.2) is 109 Å². The highest BCUT2D eigenvalue weighted by atomic mass is 16.1. The Morgan fingerprint density at radius 3 is 2.07 bits per heavy atom. The van der Waals surface area contributed by atoms with Gasteiger partial charge in [0.2, 0.25) is 0 Å². The van der Waals surface area contributed by atoms with Gasteiger partial charge in [-0.1, -0.05) is 30.3 Å². The van der Waals surface area contributed by atoms with Crippen molar-refractivity contribution >= 4 is 28.9 Å². The largest absolute Gasteiger partial charge is 0.371 e. The van der Waals surface area contributed by atoms with Gasteiger partial charge in [0.1, 0.15) is 5.69 Å². The standard InChI is InChI=1S/C33H45N9O/c1-39-16-12-26(13-17-39)36-32-29(24-6-4-3-5-7-24)37-30(31(34)43)33(38-32)35-25-8-10-27(11-9-25)41-18-14-28(15-19-41)42-22-20-40(2)21-23-42/h3-11,26,28H,12-23H2,1-2H3,(H2,34,43)(H2,35,36,38). The third-order valence-corrected chi connectivity index (χ3v) is 9.25. The van der Waals surface area contributed by atoms with Crippen molar-refractivity contribution in [1.29, 1.82) is 0 Å². The molecule has 2 aromatic carbocycles. The molecule has 0 unspecified atom stereocenters. The molecule has 1 aromatic heterocycles. The predicted molar refractivity (Wildman–Crippen MR) is 174 cm³/mol. The van der Waals surface area contributed by atoms with Gasteiger partial charge in [0, 0.05) is 68.3 Å². The number of hydrogen-bond donors (Lipinski definition) is 3. The summed E-state index contributed by atoms with van der Waals surface area (Å²) in [6.07, 6.45) is 4.42. The molecule has 3 aliphatic heterocycles. The van der Waals surface area contributed by atoms with Gasteiger partial charge in [0.05, 0.1) is 0 Å². The second-order valence-corrected chi connectivity index (χ2v) is 12.3. The fourth-order valence-electron chi connectivity index (χ4n) is 6.51. The second-order valence-electron chi connectivity index (χ2n) is 12.3. The fourth-order valence-corrected chi connectivity index (χ4v) is 6.51. The molecule has 3 aliphatic rings. The first-order valence-corrected chi connectivity index (χ1v) is 15.7. The Morgan fingerprint density at radius 1 is 0.767 bits per heavy atom. The van der Waals surface area contributed by atoms with E-state index in [1.807, 2.05) is 42.5 Å². The first kappa shape index (κ1) is 29.3. The van der Waals surface area contributed by atoms with E-state index in [0.29, 0.717) is 23.4 Å². The molecule has 0 radical (unpaired) electrons. The van der Waals surface area contributed by atoms with Gasteiger partial charge in [-0.05, 0) is 77.1 Å². The lowest BCUT2D eigenvalue weighted by Gasteiger charge is -2.42. The number of hydrogen-bond acceptors (Lipinski definition) is 9. The van der Waals surface area contributed by atoms with Crippen LogP contribution in [0.5, 0.6) is 0 Å². The van der Waals surface area contributed by atoms with Crippen molar-refractivity contribution in [2.45, 2.75) is 37.8 Å². The van der Waals surface area contributed by atoms with E-state index >= 15 is 0 Å². The number of carbonyl (C=O) groups is 1. The molecule has 4 N–H and O–H groups in total. The number of likely N-dealkylation sites (tertiary alicyclic amines) is 1. The van der Waals surface area contributed by atoms with E-state index in [0.717, 1.165) is 50.3 Å². The molecule has 3 fully saturated rings. The fraction of sp³-hybridized carbons (Fsp3) is 0.485. The Morgan fingerprint density at radius 2 is 1.42 bits per heavy atom. The molecule has 1 amide bonds. The average molecular weight is 584 g/mol. The van der Waals surface area contributed by atoms with E-state index < -0.39 is 5.91 Å². The minimum Gasteiger partial charge on any atom is -0.371 e. The summed E-state index contributed by atoms with van der Waals surface area (Å²) < 4.78 is 0. The SMILES string of the molecule is CN1CCC(Nc2nc(Nc3ccc(N4CCC(N5CCN(C)CC5)CC4)cc3)c(C(N)=O)nc2-c2ccccc2)CC1. The first-order valence-electron chi connectivity index (χ1n) is 15.7. The lowest BCUT2D eigenvalue weighted by Crippen LogP contribution is -2.52. The molecule has 10 heteroatoms. The highest BCUT2D eigenvalue weighted by molar-refractivity contribution is 5.97. The van der Waals surface area contributed by atoms with Crippen molar-refractivity contribution < 1.29 is 4.79 Å². The number of benzene rings is 2. The summed E-state index contributed by atoms with van der Waals surface area (Å²) in [6.45, 7) is 8.87. The molecule has 0 spiro atoms. The number of anilines is 4. The molecule has 3 saturated heterocycles. The second kappa shape index (κ2) is 13.3. The average Bonchev–Trinajstić information content (AvgIpc) is 3.03. The zero-order valence-electron chi connectivity index (χ0n) is 25.5.